The summed E-state index contributed by atoms with van der Waals surface area (Å²) in [6.07, 6.45) is 0. The van der Waals surface area contributed by atoms with Gasteiger partial charge in [-0.2, -0.15) is 0 Å². The molecule has 1 atom stereocenters. The van der Waals surface area contributed by atoms with E-state index < -0.39 is 34.4 Å². The van der Waals surface area contributed by atoms with Crippen LogP contribution in [0.15, 0.2) is 71.6 Å². The Morgan fingerprint density at radius 3 is 2.16 bits per heavy atom. The lowest BCUT2D eigenvalue weighted by molar-refractivity contribution is -0.139. The van der Waals surface area contributed by atoms with Crippen molar-refractivity contribution in [2.75, 3.05) is 17.9 Å². The summed E-state index contributed by atoms with van der Waals surface area (Å²) in [4.78, 5) is 27.5. The summed E-state index contributed by atoms with van der Waals surface area (Å²) in [7, 11) is -2.78. The number of hydrogen-bond acceptors (Lipinski definition) is 4. The van der Waals surface area contributed by atoms with Crippen LogP contribution in [-0.2, 0) is 26.2 Å². The van der Waals surface area contributed by atoms with Crippen LogP contribution in [0.3, 0.4) is 0 Å². The van der Waals surface area contributed by atoms with E-state index in [4.69, 9.17) is 34.8 Å². The van der Waals surface area contributed by atoms with E-state index in [1.807, 2.05) is 6.92 Å². The molecule has 0 fully saturated rings. The van der Waals surface area contributed by atoms with Gasteiger partial charge in [0, 0.05) is 18.6 Å². The number of hydrogen-bond donors (Lipinski definition) is 1. The fourth-order valence-corrected chi connectivity index (χ4v) is 5.61. The standard InChI is InChI=1S/C26H26Cl3N3O4S/c1-17-7-13-21(14-8-17)37(35,36)32(23-6-4-5-22(28)25(23)29)16-24(33)31(18(2)26(34)30-3)15-19-9-11-20(27)12-10-19/h4-14,18H,15-16H2,1-3H3,(H,30,34). The number of nitrogens with zero attached hydrogens (tertiary/aromatic N) is 2. The predicted octanol–water partition coefficient (Wildman–Crippen LogP) is 5.31. The molecule has 0 bridgehead atoms. The van der Waals surface area contributed by atoms with Gasteiger partial charge in [-0.15, -0.1) is 0 Å². The summed E-state index contributed by atoms with van der Waals surface area (Å²) in [5.41, 5.74) is 1.63. The zero-order chi connectivity index (χ0) is 27.3. The van der Waals surface area contributed by atoms with Crippen molar-refractivity contribution in [1.82, 2.24) is 10.2 Å². The third kappa shape index (κ3) is 6.76. The molecular formula is C26H26Cl3N3O4S. The van der Waals surface area contributed by atoms with E-state index in [2.05, 4.69) is 5.32 Å². The molecule has 0 aromatic heterocycles. The van der Waals surface area contributed by atoms with E-state index in [1.165, 1.54) is 36.2 Å². The van der Waals surface area contributed by atoms with Gasteiger partial charge in [0.2, 0.25) is 11.8 Å². The van der Waals surface area contributed by atoms with Crippen molar-refractivity contribution in [1.29, 1.82) is 0 Å². The van der Waals surface area contributed by atoms with Crippen LogP contribution in [0.25, 0.3) is 0 Å². The van der Waals surface area contributed by atoms with Gasteiger partial charge in [0.25, 0.3) is 10.0 Å². The molecule has 11 heteroatoms. The number of likely N-dealkylation sites (N-methyl/N-ethyl adjacent to an activating group) is 1. The molecule has 3 aromatic rings. The van der Waals surface area contributed by atoms with Crippen LogP contribution < -0.4 is 9.62 Å². The summed E-state index contributed by atoms with van der Waals surface area (Å²) in [6, 6.07) is 16.7. The van der Waals surface area contributed by atoms with Gasteiger partial charge in [-0.05, 0) is 55.8 Å². The SMILES string of the molecule is CNC(=O)C(C)N(Cc1ccc(Cl)cc1)C(=O)CN(c1cccc(Cl)c1Cl)S(=O)(=O)c1ccc(C)cc1. The Morgan fingerprint density at radius 2 is 1.57 bits per heavy atom. The maximum atomic E-state index is 13.8. The predicted molar refractivity (Wildman–Crippen MR) is 148 cm³/mol. The van der Waals surface area contributed by atoms with Gasteiger partial charge in [-0.1, -0.05) is 70.7 Å². The minimum absolute atomic E-state index is 0.0174. The van der Waals surface area contributed by atoms with Gasteiger partial charge in [0.05, 0.1) is 20.6 Å². The largest absolute Gasteiger partial charge is 0.357 e. The second-order valence-electron chi connectivity index (χ2n) is 8.34. The Morgan fingerprint density at radius 1 is 0.946 bits per heavy atom. The summed E-state index contributed by atoms with van der Waals surface area (Å²) in [6.45, 7) is 2.83. The highest BCUT2D eigenvalue weighted by Gasteiger charge is 2.33. The van der Waals surface area contributed by atoms with Crippen molar-refractivity contribution < 1.29 is 18.0 Å². The second-order valence-corrected chi connectivity index (χ2v) is 11.4. The highest BCUT2D eigenvalue weighted by molar-refractivity contribution is 7.92. The first kappa shape index (κ1) is 28.8. The van der Waals surface area contributed by atoms with E-state index in [0.717, 1.165) is 9.87 Å². The number of amides is 2. The molecule has 2 amide bonds. The zero-order valence-electron chi connectivity index (χ0n) is 20.4. The average Bonchev–Trinajstić information content (AvgIpc) is 2.88. The molecular weight excluding hydrogens is 557 g/mol. The molecule has 0 aliphatic heterocycles. The van der Waals surface area contributed by atoms with Crippen LogP contribution in [0.2, 0.25) is 15.1 Å². The van der Waals surface area contributed by atoms with Crippen LogP contribution in [0.1, 0.15) is 18.1 Å². The minimum atomic E-state index is -4.24. The first-order valence-electron chi connectivity index (χ1n) is 11.2. The van der Waals surface area contributed by atoms with Crippen LogP contribution >= 0.6 is 34.8 Å². The van der Waals surface area contributed by atoms with E-state index in [1.54, 1.807) is 49.4 Å². The van der Waals surface area contributed by atoms with Gasteiger partial charge >= 0.3 is 0 Å². The number of nitrogens with one attached hydrogen (secondary N) is 1. The topological polar surface area (TPSA) is 86.8 Å². The molecule has 0 spiro atoms. The maximum Gasteiger partial charge on any atom is 0.264 e. The molecule has 3 aromatic carbocycles. The molecule has 0 aliphatic carbocycles. The molecule has 1 N–H and O–H groups in total. The Labute approximate surface area is 232 Å². The lowest BCUT2D eigenvalue weighted by Gasteiger charge is -2.32. The Bertz CT molecular complexity index is 1380. The van der Waals surface area contributed by atoms with Crippen molar-refractivity contribution in [3.63, 3.8) is 0 Å². The molecule has 3 rings (SSSR count). The quantitative estimate of drug-likeness (QED) is 0.370. The molecule has 0 saturated carbocycles. The lowest BCUT2D eigenvalue weighted by atomic mass is 10.1. The maximum absolute atomic E-state index is 13.8. The molecule has 37 heavy (non-hydrogen) atoms. The Balaban J connectivity index is 2.07. The van der Waals surface area contributed by atoms with Gasteiger partial charge < -0.3 is 10.2 Å². The fourth-order valence-electron chi connectivity index (χ4n) is 3.61. The van der Waals surface area contributed by atoms with Crippen LogP contribution in [0.5, 0.6) is 0 Å². The van der Waals surface area contributed by atoms with Crippen molar-refractivity contribution >= 4 is 62.3 Å². The third-order valence-electron chi connectivity index (χ3n) is 5.77. The smallest absolute Gasteiger partial charge is 0.264 e. The second kappa shape index (κ2) is 12.2. The first-order chi connectivity index (χ1) is 17.4. The molecule has 0 aliphatic rings. The van der Waals surface area contributed by atoms with Gasteiger partial charge in [-0.25, -0.2) is 8.42 Å². The normalized spacial score (nSPS) is 12.1. The number of carbonyl (C=O) groups is 2. The molecule has 1 unspecified atom stereocenters. The minimum Gasteiger partial charge on any atom is -0.357 e. The van der Waals surface area contributed by atoms with E-state index >= 15 is 0 Å². The molecule has 7 nitrogen and oxygen atoms in total. The van der Waals surface area contributed by atoms with E-state index in [0.29, 0.717) is 10.6 Å². The number of benzene rings is 3. The van der Waals surface area contributed by atoms with E-state index in [-0.39, 0.29) is 27.2 Å². The summed E-state index contributed by atoms with van der Waals surface area (Å²) >= 11 is 18.6. The van der Waals surface area contributed by atoms with Crippen molar-refractivity contribution in [2.45, 2.75) is 31.3 Å². The molecule has 0 saturated heterocycles. The number of anilines is 1. The van der Waals surface area contributed by atoms with Crippen LogP contribution in [-0.4, -0.2) is 44.8 Å². The first-order valence-corrected chi connectivity index (χ1v) is 13.8. The number of aryl methyl sites for hydroxylation is 1. The zero-order valence-corrected chi connectivity index (χ0v) is 23.5. The number of rotatable bonds is 9. The van der Waals surface area contributed by atoms with Gasteiger partial charge in [-0.3, -0.25) is 13.9 Å². The van der Waals surface area contributed by atoms with Gasteiger partial charge in [0.1, 0.15) is 12.6 Å². The monoisotopic (exact) mass is 581 g/mol. The molecule has 0 heterocycles. The number of halogens is 3. The summed E-state index contributed by atoms with van der Waals surface area (Å²) in [5, 5.41) is 3.17. The highest BCUT2D eigenvalue weighted by atomic mass is 35.5. The van der Waals surface area contributed by atoms with Crippen LogP contribution in [0, 0.1) is 6.92 Å². The van der Waals surface area contributed by atoms with Crippen molar-refractivity contribution in [3.8, 4) is 0 Å². The third-order valence-corrected chi connectivity index (χ3v) is 8.60. The van der Waals surface area contributed by atoms with Crippen LogP contribution in [0.4, 0.5) is 5.69 Å². The van der Waals surface area contributed by atoms with Gasteiger partial charge in [0.15, 0.2) is 0 Å². The Kier molecular flexibility index (Phi) is 9.47. The number of sulfonamides is 1. The molecule has 196 valence electrons. The highest BCUT2D eigenvalue weighted by Crippen LogP contribution is 2.35. The van der Waals surface area contributed by atoms with Crippen molar-refractivity contribution in [3.05, 3.63) is 92.9 Å². The Hall–Kier alpha value is -2.78. The summed E-state index contributed by atoms with van der Waals surface area (Å²) < 4.78 is 28.5. The lowest BCUT2D eigenvalue weighted by Crippen LogP contribution is -2.50. The average molecular weight is 583 g/mol. The summed E-state index contributed by atoms with van der Waals surface area (Å²) in [5.74, 6) is -1.02. The van der Waals surface area contributed by atoms with E-state index in [9.17, 15) is 18.0 Å². The number of carbonyl (C=O) groups excluding carboxylic acids is 2. The molecule has 0 radical (unpaired) electrons. The van der Waals surface area contributed by atoms with Crippen molar-refractivity contribution in [2.24, 2.45) is 0 Å². The fraction of sp³-hybridized carbons (Fsp3) is 0.231.